The van der Waals surface area contributed by atoms with Gasteiger partial charge in [0, 0.05) is 19.8 Å². The van der Waals surface area contributed by atoms with Crippen LogP contribution in [0.1, 0.15) is 33.6 Å². The normalized spacial score (nSPS) is 14.4. The van der Waals surface area contributed by atoms with Gasteiger partial charge in [0.15, 0.2) is 0 Å². The van der Waals surface area contributed by atoms with Gasteiger partial charge in [0.25, 0.3) is 0 Å². The minimum absolute atomic E-state index is 0.131. The molecule has 2 N–H and O–H groups in total. The molecule has 0 radical (unpaired) electrons. The zero-order valence-corrected chi connectivity index (χ0v) is 13.1. The highest BCUT2D eigenvalue weighted by molar-refractivity contribution is 5.78. The summed E-state index contributed by atoms with van der Waals surface area (Å²) in [5.74, 6) is -0.825. The number of aliphatic carboxylic acids is 1. The number of hydrogen-bond donors (Lipinski definition) is 2. The van der Waals surface area contributed by atoms with E-state index in [-0.39, 0.29) is 6.04 Å². The van der Waals surface area contributed by atoms with E-state index < -0.39 is 11.5 Å². The van der Waals surface area contributed by atoms with Gasteiger partial charge in [-0.3, -0.25) is 10.1 Å². The number of ether oxygens (including phenoxy) is 3. The number of rotatable bonds is 13. The fourth-order valence-corrected chi connectivity index (χ4v) is 1.87. The Kier molecular flexibility index (Phi) is 10.6. The minimum atomic E-state index is -0.896. The summed E-state index contributed by atoms with van der Waals surface area (Å²) in [6.45, 7) is 8.32. The number of carboxylic acid groups (broad SMARTS) is 1. The molecule has 6 heteroatoms. The zero-order chi connectivity index (χ0) is 15.4. The van der Waals surface area contributed by atoms with E-state index in [2.05, 4.69) is 5.32 Å². The van der Waals surface area contributed by atoms with Crippen molar-refractivity contribution in [3.05, 3.63) is 0 Å². The third-order valence-electron chi connectivity index (χ3n) is 2.85. The van der Waals surface area contributed by atoms with Crippen LogP contribution in [0.4, 0.5) is 0 Å². The van der Waals surface area contributed by atoms with Crippen LogP contribution in [-0.2, 0) is 19.0 Å². The van der Waals surface area contributed by atoms with Gasteiger partial charge in [0.2, 0.25) is 0 Å². The van der Waals surface area contributed by atoms with Gasteiger partial charge >= 0.3 is 5.97 Å². The van der Waals surface area contributed by atoms with Crippen molar-refractivity contribution in [2.45, 2.75) is 45.2 Å². The summed E-state index contributed by atoms with van der Waals surface area (Å²) >= 11 is 0. The molecule has 0 bridgehead atoms. The van der Waals surface area contributed by atoms with Crippen LogP contribution in [0.5, 0.6) is 0 Å². The predicted molar refractivity (Wildman–Crippen MR) is 77.1 cm³/mol. The van der Waals surface area contributed by atoms with E-state index in [0.29, 0.717) is 45.9 Å². The maximum absolute atomic E-state index is 11.3. The van der Waals surface area contributed by atoms with Crippen molar-refractivity contribution in [2.75, 3.05) is 40.1 Å². The number of carboxylic acids is 1. The molecule has 0 aromatic carbocycles. The minimum Gasteiger partial charge on any atom is -0.480 e. The van der Waals surface area contributed by atoms with Gasteiger partial charge < -0.3 is 19.3 Å². The molecule has 6 nitrogen and oxygen atoms in total. The topological polar surface area (TPSA) is 77.0 Å². The second kappa shape index (κ2) is 11.0. The molecule has 0 aromatic heterocycles. The predicted octanol–water partition coefficient (Wildman–Crippen LogP) is 1.29. The Morgan fingerprint density at radius 2 is 1.70 bits per heavy atom. The third kappa shape index (κ3) is 9.25. The SMILES string of the molecule is COCCOCCOCCCC(C)(NC(C)C)C(=O)O. The van der Waals surface area contributed by atoms with Crippen molar-refractivity contribution in [1.29, 1.82) is 0 Å². The maximum Gasteiger partial charge on any atom is 0.323 e. The van der Waals surface area contributed by atoms with E-state index in [4.69, 9.17) is 14.2 Å². The van der Waals surface area contributed by atoms with E-state index in [9.17, 15) is 9.90 Å². The molecule has 20 heavy (non-hydrogen) atoms. The molecule has 0 aliphatic carbocycles. The van der Waals surface area contributed by atoms with E-state index >= 15 is 0 Å². The third-order valence-corrected chi connectivity index (χ3v) is 2.85. The van der Waals surface area contributed by atoms with Crippen LogP contribution in [0.3, 0.4) is 0 Å². The summed E-state index contributed by atoms with van der Waals surface area (Å²) in [6.07, 6.45) is 1.23. The van der Waals surface area contributed by atoms with Gasteiger partial charge in [-0.25, -0.2) is 0 Å². The van der Waals surface area contributed by atoms with E-state index in [1.807, 2.05) is 13.8 Å². The number of nitrogens with one attached hydrogen (secondary N) is 1. The van der Waals surface area contributed by atoms with Crippen molar-refractivity contribution in [3.63, 3.8) is 0 Å². The lowest BCUT2D eigenvalue weighted by molar-refractivity contribution is -0.145. The smallest absolute Gasteiger partial charge is 0.323 e. The summed E-state index contributed by atoms with van der Waals surface area (Å²) < 4.78 is 15.5. The van der Waals surface area contributed by atoms with Crippen molar-refractivity contribution < 1.29 is 24.1 Å². The molecule has 0 aliphatic rings. The summed E-state index contributed by atoms with van der Waals surface area (Å²) in [5, 5.41) is 12.4. The first-order valence-corrected chi connectivity index (χ1v) is 7.08. The monoisotopic (exact) mass is 291 g/mol. The Hall–Kier alpha value is -0.690. The molecule has 0 heterocycles. The summed E-state index contributed by atoms with van der Waals surface area (Å²) in [5.41, 5.74) is -0.896. The Balaban J connectivity index is 3.67. The molecule has 0 amide bonds. The van der Waals surface area contributed by atoms with Crippen molar-refractivity contribution >= 4 is 5.97 Å². The van der Waals surface area contributed by atoms with Gasteiger partial charge in [-0.2, -0.15) is 0 Å². The average Bonchev–Trinajstić information content (AvgIpc) is 2.35. The molecule has 1 unspecified atom stereocenters. The molecule has 0 saturated carbocycles. The lowest BCUT2D eigenvalue weighted by atomic mass is 9.95. The lowest BCUT2D eigenvalue weighted by Crippen LogP contribution is -2.52. The van der Waals surface area contributed by atoms with Crippen LogP contribution in [-0.4, -0.2) is 62.8 Å². The second-order valence-corrected chi connectivity index (χ2v) is 5.26. The Morgan fingerprint density at radius 1 is 1.15 bits per heavy atom. The van der Waals surface area contributed by atoms with E-state index in [1.165, 1.54) is 0 Å². The van der Waals surface area contributed by atoms with Crippen molar-refractivity contribution in [1.82, 2.24) is 5.32 Å². The van der Waals surface area contributed by atoms with Gasteiger partial charge in [0.1, 0.15) is 5.54 Å². The molecule has 0 aromatic rings. The molecule has 0 aliphatic heterocycles. The molecular weight excluding hydrogens is 262 g/mol. The first-order valence-electron chi connectivity index (χ1n) is 7.08. The van der Waals surface area contributed by atoms with Crippen LogP contribution >= 0.6 is 0 Å². The highest BCUT2D eigenvalue weighted by atomic mass is 16.5. The van der Waals surface area contributed by atoms with Crippen LogP contribution in [0.15, 0.2) is 0 Å². The van der Waals surface area contributed by atoms with Crippen molar-refractivity contribution in [2.24, 2.45) is 0 Å². The fraction of sp³-hybridized carbons (Fsp3) is 0.929. The van der Waals surface area contributed by atoms with E-state index in [1.54, 1.807) is 14.0 Å². The second-order valence-electron chi connectivity index (χ2n) is 5.26. The molecule has 0 spiro atoms. The van der Waals surface area contributed by atoms with Crippen molar-refractivity contribution in [3.8, 4) is 0 Å². The van der Waals surface area contributed by atoms with Crippen LogP contribution < -0.4 is 5.32 Å². The summed E-state index contributed by atoms with van der Waals surface area (Å²) in [4.78, 5) is 11.3. The number of hydrogen-bond acceptors (Lipinski definition) is 5. The first-order chi connectivity index (χ1) is 9.42. The van der Waals surface area contributed by atoms with Crippen LogP contribution in [0.2, 0.25) is 0 Å². The molecular formula is C14H29NO5. The standard InChI is InChI=1S/C14H29NO5/c1-12(2)15-14(3,13(16)17)6-5-7-19-10-11-20-9-8-18-4/h12,15H,5-11H2,1-4H3,(H,16,17). The van der Waals surface area contributed by atoms with E-state index in [0.717, 1.165) is 0 Å². The molecule has 0 fully saturated rings. The van der Waals surface area contributed by atoms with Crippen LogP contribution in [0, 0.1) is 0 Å². The Morgan fingerprint density at radius 3 is 2.20 bits per heavy atom. The zero-order valence-electron chi connectivity index (χ0n) is 13.1. The molecule has 1 atom stereocenters. The summed E-state index contributed by atoms with van der Waals surface area (Å²) in [6, 6.07) is 0.131. The van der Waals surface area contributed by atoms with Gasteiger partial charge in [-0.05, 0) is 33.6 Å². The highest BCUT2D eigenvalue weighted by Gasteiger charge is 2.32. The Bertz CT molecular complexity index is 260. The van der Waals surface area contributed by atoms with Crippen LogP contribution in [0.25, 0.3) is 0 Å². The lowest BCUT2D eigenvalue weighted by Gasteiger charge is -2.28. The van der Waals surface area contributed by atoms with Gasteiger partial charge in [-0.1, -0.05) is 0 Å². The largest absolute Gasteiger partial charge is 0.480 e. The number of carbonyl (C=O) groups is 1. The quantitative estimate of drug-likeness (QED) is 0.498. The number of methoxy groups -OCH3 is 1. The van der Waals surface area contributed by atoms with Gasteiger partial charge in [-0.15, -0.1) is 0 Å². The molecule has 0 saturated heterocycles. The highest BCUT2D eigenvalue weighted by Crippen LogP contribution is 2.14. The Labute approximate surface area is 121 Å². The average molecular weight is 291 g/mol. The molecule has 120 valence electrons. The summed E-state index contributed by atoms with van der Waals surface area (Å²) in [7, 11) is 1.63. The van der Waals surface area contributed by atoms with Gasteiger partial charge in [0.05, 0.1) is 26.4 Å². The fourth-order valence-electron chi connectivity index (χ4n) is 1.87. The molecule has 0 rings (SSSR count). The maximum atomic E-state index is 11.3. The first kappa shape index (κ1) is 19.3.